The monoisotopic (exact) mass is 264 g/mol. The van der Waals surface area contributed by atoms with Gasteiger partial charge >= 0.3 is 5.97 Å². The lowest BCUT2D eigenvalue weighted by molar-refractivity contribution is 0.0691. The van der Waals surface area contributed by atoms with Gasteiger partial charge in [0.2, 0.25) is 0 Å². The Labute approximate surface area is 110 Å². The molecule has 0 bridgehead atoms. The van der Waals surface area contributed by atoms with Gasteiger partial charge in [-0.25, -0.2) is 4.79 Å². The molecule has 0 amide bonds. The zero-order valence-electron chi connectivity index (χ0n) is 10.8. The fraction of sp³-hybridized carbons (Fsp3) is 0.308. The molecule has 0 unspecified atom stereocenters. The van der Waals surface area contributed by atoms with Crippen molar-refractivity contribution in [2.45, 2.75) is 0 Å². The minimum absolute atomic E-state index is 0.143. The summed E-state index contributed by atoms with van der Waals surface area (Å²) in [6.07, 6.45) is 0. The largest absolute Gasteiger partial charge is 0.493 e. The Hall–Kier alpha value is -2.21. The van der Waals surface area contributed by atoms with Crippen LogP contribution in [0.2, 0.25) is 0 Å². The number of fused-ring (bicyclic) bond motifs is 1. The average Bonchev–Trinajstić information content (AvgIpc) is 2.81. The first-order valence-electron chi connectivity index (χ1n) is 5.87. The second-order valence-electron chi connectivity index (χ2n) is 4.03. The number of ether oxygens (including phenoxy) is 2. The van der Waals surface area contributed by atoms with Gasteiger partial charge in [-0.1, -0.05) is 0 Å². The number of methoxy groups -OCH3 is 1. The third kappa shape index (κ3) is 2.79. The number of H-pyrrole nitrogens is 1. The highest BCUT2D eigenvalue weighted by atomic mass is 16.5. The van der Waals surface area contributed by atoms with E-state index in [0.29, 0.717) is 30.2 Å². The van der Waals surface area contributed by atoms with Gasteiger partial charge in [0.15, 0.2) is 11.5 Å². The number of carbonyl (C=O) groups is 1. The summed E-state index contributed by atoms with van der Waals surface area (Å²) in [5.41, 5.74) is 0.847. The molecule has 2 rings (SSSR count). The van der Waals surface area contributed by atoms with Crippen molar-refractivity contribution in [3.8, 4) is 11.5 Å². The predicted octanol–water partition coefficient (Wildman–Crippen LogP) is 1.47. The van der Waals surface area contributed by atoms with E-state index < -0.39 is 5.97 Å². The second kappa shape index (κ2) is 5.62. The Bertz CT molecular complexity index is 592. The number of carboxylic acids is 1. The van der Waals surface area contributed by atoms with E-state index in [2.05, 4.69) is 10.3 Å². The van der Waals surface area contributed by atoms with Gasteiger partial charge in [-0.15, -0.1) is 0 Å². The van der Waals surface area contributed by atoms with Crippen LogP contribution < -0.4 is 14.8 Å². The first-order chi connectivity index (χ1) is 9.15. The van der Waals surface area contributed by atoms with Crippen molar-refractivity contribution in [2.24, 2.45) is 0 Å². The number of aromatic nitrogens is 1. The molecule has 0 aliphatic rings. The van der Waals surface area contributed by atoms with E-state index in [1.165, 1.54) is 0 Å². The Balaban J connectivity index is 2.36. The highest BCUT2D eigenvalue weighted by Gasteiger charge is 2.12. The molecule has 3 N–H and O–H groups in total. The number of hydrogen-bond acceptors (Lipinski definition) is 4. The second-order valence-corrected chi connectivity index (χ2v) is 4.03. The molecule has 0 fully saturated rings. The molecule has 6 heteroatoms. The van der Waals surface area contributed by atoms with Crippen LogP contribution in [0.3, 0.4) is 0 Å². The molecule has 19 heavy (non-hydrogen) atoms. The van der Waals surface area contributed by atoms with Gasteiger partial charge in [0.1, 0.15) is 12.3 Å². The number of likely N-dealkylation sites (N-methyl/N-ethyl adjacent to an activating group) is 1. The Morgan fingerprint density at radius 2 is 2.16 bits per heavy atom. The van der Waals surface area contributed by atoms with Crippen LogP contribution in [0.1, 0.15) is 10.5 Å². The van der Waals surface area contributed by atoms with Crippen molar-refractivity contribution in [1.29, 1.82) is 0 Å². The fourth-order valence-corrected chi connectivity index (χ4v) is 1.79. The number of hydrogen-bond donors (Lipinski definition) is 3. The van der Waals surface area contributed by atoms with Crippen molar-refractivity contribution in [3.63, 3.8) is 0 Å². The first kappa shape index (κ1) is 13.2. The van der Waals surface area contributed by atoms with E-state index in [0.717, 1.165) is 5.39 Å². The quantitative estimate of drug-likeness (QED) is 0.688. The van der Waals surface area contributed by atoms with Gasteiger partial charge in [0, 0.05) is 18.0 Å². The van der Waals surface area contributed by atoms with Crippen molar-refractivity contribution < 1.29 is 19.4 Å². The maximum absolute atomic E-state index is 10.9. The molecule has 0 aliphatic carbocycles. The summed E-state index contributed by atoms with van der Waals surface area (Å²) in [6, 6.07) is 5.07. The topological polar surface area (TPSA) is 83.6 Å². The molecule has 1 heterocycles. The summed E-state index contributed by atoms with van der Waals surface area (Å²) in [4.78, 5) is 13.7. The SMILES string of the molecule is CNCCOc1cc2cc(C(=O)O)[nH]c2cc1OC. The van der Waals surface area contributed by atoms with E-state index in [9.17, 15) is 4.79 Å². The molecular weight excluding hydrogens is 248 g/mol. The van der Waals surface area contributed by atoms with Gasteiger partial charge in [0.05, 0.1) is 12.6 Å². The lowest BCUT2D eigenvalue weighted by atomic mass is 10.2. The van der Waals surface area contributed by atoms with Crippen molar-refractivity contribution in [1.82, 2.24) is 10.3 Å². The molecule has 0 radical (unpaired) electrons. The summed E-state index contributed by atoms with van der Waals surface area (Å²) in [5, 5.41) is 12.7. The normalized spacial score (nSPS) is 10.6. The van der Waals surface area contributed by atoms with E-state index in [4.69, 9.17) is 14.6 Å². The molecular formula is C13H16N2O4. The number of nitrogens with one attached hydrogen (secondary N) is 2. The number of rotatable bonds is 6. The zero-order chi connectivity index (χ0) is 13.8. The molecule has 1 aromatic heterocycles. The minimum atomic E-state index is -0.993. The molecule has 6 nitrogen and oxygen atoms in total. The minimum Gasteiger partial charge on any atom is -0.493 e. The van der Waals surface area contributed by atoms with Crippen molar-refractivity contribution in [3.05, 3.63) is 23.9 Å². The first-order valence-corrected chi connectivity index (χ1v) is 5.87. The lowest BCUT2D eigenvalue weighted by Gasteiger charge is -2.10. The molecule has 1 aromatic carbocycles. The van der Waals surface area contributed by atoms with Crippen LogP contribution in [0.4, 0.5) is 0 Å². The zero-order valence-corrected chi connectivity index (χ0v) is 10.8. The number of benzene rings is 1. The highest BCUT2D eigenvalue weighted by Crippen LogP contribution is 2.32. The van der Waals surface area contributed by atoms with Crippen LogP contribution in [0.15, 0.2) is 18.2 Å². The van der Waals surface area contributed by atoms with E-state index >= 15 is 0 Å². The smallest absolute Gasteiger partial charge is 0.352 e. The molecule has 102 valence electrons. The third-order valence-corrected chi connectivity index (χ3v) is 2.75. The summed E-state index contributed by atoms with van der Waals surface area (Å²) in [5.74, 6) is 0.177. The standard InChI is InChI=1S/C13H16N2O4/c1-14-3-4-19-12-6-8-5-10(13(16)17)15-9(8)7-11(12)18-2/h5-7,14-15H,3-4H2,1-2H3,(H,16,17). The van der Waals surface area contributed by atoms with E-state index in [1.807, 2.05) is 7.05 Å². The number of carboxylic acid groups (broad SMARTS) is 1. The average molecular weight is 264 g/mol. The van der Waals surface area contributed by atoms with E-state index in [-0.39, 0.29) is 5.69 Å². The van der Waals surface area contributed by atoms with Gasteiger partial charge in [0.25, 0.3) is 0 Å². The van der Waals surface area contributed by atoms with Gasteiger partial charge in [-0.2, -0.15) is 0 Å². The van der Waals surface area contributed by atoms with Crippen LogP contribution in [0.25, 0.3) is 10.9 Å². The summed E-state index contributed by atoms with van der Waals surface area (Å²) < 4.78 is 10.8. The summed E-state index contributed by atoms with van der Waals surface area (Å²) in [7, 11) is 3.39. The highest BCUT2D eigenvalue weighted by molar-refractivity contribution is 5.94. The molecule has 0 atom stereocenters. The van der Waals surface area contributed by atoms with Crippen LogP contribution >= 0.6 is 0 Å². The van der Waals surface area contributed by atoms with Crippen LogP contribution in [-0.2, 0) is 0 Å². The van der Waals surface area contributed by atoms with Crippen molar-refractivity contribution >= 4 is 16.9 Å². The van der Waals surface area contributed by atoms with Crippen LogP contribution in [0, 0.1) is 0 Å². The third-order valence-electron chi connectivity index (χ3n) is 2.75. The van der Waals surface area contributed by atoms with E-state index in [1.54, 1.807) is 25.3 Å². The van der Waals surface area contributed by atoms with Crippen molar-refractivity contribution in [2.75, 3.05) is 27.3 Å². The maximum atomic E-state index is 10.9. The van der Waals surface area contributed by atoms with Gasteiger partial charge in [-0.3, -0.25) is 0 Å². The van der Waals surface area contributed by atoms with Gasteiger partial charge in [-0.05, 0) is 19.2 Å². The van der Waals surface area contributed by atoms with Gasteiger partial charge < -0.3 is 24.9 Å². The Morgan fingerprint density at radius 3 is 2.79 bits per heavy atom. The molecule has 0 saturated heterocycles. The predicted molar refractivity (Wildman–Crippen MR) is 71.2 cm³/mol. The van der Waals surface area contributed by atoms with Crippen LogP contribution in [-0.4, -0.2) is 43.4 Å². The molecule has 0 saturated carbocycles. The molecule has 0 spiro atoms. The fourth-order valence-electron chi connectivity index (χ4n) is 1.79. The van der Waals surface area contributed by atoms with Crippen LogP contribution in [0.5, 0.6) is 11.5 Å². The Kier molecular flexibility index (Phi) is 3.91. The lowest BCUT2D eigenvalue weighted by Crippen LogP contribution is -2.16. The molecule has 2 aromatic rings. The summed E-state index contributed by atoms with van der Waals surface area (Å²) in [6.45, 7) is 1.23. The Morgan fingerprint density at radius 1 is 1.37 bits per heavy atom. The number of aromatic amines is 1. The maximum Gasteiger partial charge on any atom is 0.352 e. The molecule has 0 aliphatic heterocycles. The summed E-state index contributed by atoms with van der Waals surface area (Å²) >= 11 is 0. The number of aromatic carboxylic acids is 1.